The number of morpholine rings is 1. The first-order valence-corrected chi connectivity index (χ1v) is 10.3. The predicted molar refractivity (Wildman–Crippen MR) is 131 cm³/mol. The lowest BCUT2D eigenvalue weighted by Crippen LogP contribution is -2.55. The molecule has 0 bridgehead atoms. The van der Waals surface area contributed by atoms with E-state index in [0.29, 0.717) is 22.9 Å². The molecular formula is C23H24ClN5O5. The minimum absolute atomic E-state index is 0. The van der Waals surface area contributed by atoms with Crippen LogP contribution >= 0.6 is 12.4 Å². The largest absolute Gasteiger partial charge is 0.383 e. The van der Waals surface area contributed by atoms with Crippen molar-refractivity contribution in [1.29, 1.82) is 0 Å². The highest BCUT2D eigenvalue weighted by Gasteiger charge is 2.39. The minimum atomic E-state index is -1.71. The van der Waals surface area contributed by atoms with Gasteiger partial charge in [0.15, 0.2) is 12.2 Å². The number of rotatable bonds is 5. The summed E-state index contributed by atoms with van der Waals surface area (Å²) in [7, 11) is 0. The highest BCUT2D eigenvalue weighted by molar-refractivity contribution is 6.04. The van der Waals surface area contributed by atoms with Gasteiger partial charge in [-0.25, -0.2) is 4.98 Å². The Morgan fingerprint density at radius 2 is 1.85 bits per heavy atom. The first-order chi connectivity index (χ1) is 15.8. The van der Waals surface area contributed by atoms with Crippen LogP contribution in [0, 0.1) is 0 Å². The van der Waals surface area contributed by atoms with Crippen LogP contribution in [0.5, 0.6) is 0 Å². The summed E-state index contributed by atoms with van der Waals surface area (Å²) in [5.41, 5.74) is 7.44. The number of aliphatic hydroxyl groups excluding tert-OH is 1. The van der Waals surface area contributed by atoms with Gasteiger partial charge in [0.05, 0.1) is 6.61 Å². The number of carbonyl (C=O) groups is 3. The van der Waals surface area contributed by atoms with Crippen LogP contribution in [0.25, 0.3) is 10.8 Å². The molecule has 1 fully saturated rings. The Morgan fingerprint density at radius 1 is 1.15 bits per heavy atom. The van der Waals surface area contributed by atoms with E-state index >= 15 is 0 Å². The monoisotopic (exact) mass is 485 g/mol. The Hall–Kier alpha value is -3.73. The summed E-state index contributed by atoms with van der Waals surface area (Å²) in [5.74, 6) is -1.13. The van der Waals surface area contributed by atoms with Crippen LogP contribution in [-0.4, -0.2) is 53.2 Å². The summed E-state index contributed by atoms with van der Waals surface area (Å²) in [5, 5.41) is 17.4. The number of nitrogens with two attached hydrogens (primary N) is 1. The third-order valence-electron chi connectivity index (χ3n) is 5.24. The zero-order valence-electron chi connectivity index (χ0n) is 18.2. The van der Waals surface area contributed by atoms with Crippen molar-refractivity contribution in [2.75, 3.05) is 34.4 Å². The number of benzene rings is 2. The van der Waals surface area contributed by atoms with Gasteiger partial charge in [0.25, 0.3) is 11.8 Å². The lowest BCUT2D eigenvalue weighted by molar-refractivity contribution is -0.150. The standard InChI is InChI=1S/C23H23N5O5.ClH/c1-13(29)26-15-2-5-17(6-3-15)28-10-11-33-20(23(28)32)19(30)22(31)27-16-4-7-18-14(12-16)8-9-25-21(18)24;/h2-9,12,19-20,30H,10-11H2,1H3,(H2,24,25)(H,26,29)(H,27,31);1H/t19-,20-;/m1./s1. The first kappa shape index (κ1) is 24.9. The van der Waals surface area contributed by atoms with Crippen LogP contribution in [0.15, 0.2) is 54.7 Å². The second kappa shape index (κ2) is 10.5. The van der Waals surface area contributed by atoms with Crippen LogP contribution in [0.2, 0.25) is 0 Å². The summed E-state index contributed by atoms with van der Waals surface area (Å²) in [6, 6.07) is 13.5. The lowest BCUT2D eigenvalue weighted by Gasteiger charge is -2.34. The number of nitrogens with zero attached hydrogens (tertiary/aromatic N) is 2. The fourth-order valence-electron chi connectivity index (χ4n) is 3.65. The maximum Gasteiger partial charge on any atom is 0.259 e. The fourth-order valence-corrected chi connectivity index (χ4v) is 3.65. The van der Waals surface area contributed by atoms with E-state index in [1.165, 1.54) is 11.8 Å². The van der Waals surface area contributed by atoms with Gasteiger partial charge in [-0.3, -0.25) is 14.4 Å². The van der Waals surface area contributed by atoms with E-state index in [1.807, 2.05) is 0 Å². The first-order valence-electron chi connectivity index (χ1n) is 10.3. The topological polar surface area (TPSA) is 147 Å². The quantitative estimate of drug-likeness (QED) is 0.431. The van der Waals surface area contributed by atoms with Gasteiger partial charge >= 0.3 is 0 Å². The van der Waals surface area contributed by atoms with E-state index in [0.717, 1.165) is 10.8 Å². The minimum Gasteiger partial charge on any atom is -0.383 e. The van der Waals surface area contributed by atoms with Crippen molar-refractivity contribution in [2.24, 2.45) is 0 Å². The van der Waals surface area contributed by atoms with Crippen molar-refractivity contribution in [3.63, 3.8) is 0 Å². The Morgan fingerprint density at radius 3 is 2.56 bits per heavy atom. The molecule has 178 valence electrons. The molecule has 10 nitrogen and oxygen atoms in total. The molecule has 1 aliphatic rings. The van der Waals surface area contributed by atoms with Crippen molar-refractivity contribution in [3.05, 3.63) is 54.7 Å². The van der Waals surface area contributed by atoms with Crippen molar-refractivity contribution in [3.8, 4) is 0 Å². The van der Waals surface area contributed by atoms with E-state index in [4.69, 9.17) is 10.5 Å². The number of aliphatic hydroxyl groups is 1. The Kier molecular flexibility index (Phi) is 7.67. The average Bonchev–Trinajstić information content (AvgIpc) is 2.79. The number of fused-ring (bicyclic) bond motifs is 1. The van der Waals surface area contributed by atoms with Crippen LogP contribution in [-0.2, 0) is 19.1 Å². The SMILES string of the molecule is CC(=O)Nc1ccc(N2CCO[C@H]([C@@H](O)C(=O)Nc3ccc4c(N)nccc4c3)C2=O)cc1.Cl. The molecule has 34 heavy (non-hydrogen) atoms. The number of aromatic nitrogens is 1. The maximum atomic E-state index is 13.0. The molecule has 11 heteroatoms. The van der Waals surface area contributed by atoms with Crippen molar-refractivity contribution in [2.45, 2.75) is 19.1 Å². The van der Waals surface area contributed by atoms with Crippen LogP contribution in [0.1, 0.15) is 6.92 Å². The Balaban J connectivity index is 0.00000324. The molecule has 2 atom stereocenters. The van der Waals surface area contributed by atoms with E-state index in [2.05, 4.69) is 15.6 Å². The second-order valence-corrected chi connectivity index (χ2v) is 7.58. The number of anilines is 4. The van der Waals surface area contributed by atoms with Gasteiger partial charge in [0.2, 0.25) is 5.91 Å². The Labute approximate surface area is 201 Å². The maximum absolute atomic E-state index is 13.0. The number of ether oxygens (including phenoxy) is 1. The van der Waals surface area contributed by atoms with Crippen molar-refractivity contribution >= 4 is 63.8 Å². The van der Waals surface area contributed by atoms with E-state index in [-0.39, 0.29) is 31.5 Å². The van der Waals surface area contributed by atoms with E-state index in [1.54, 1.807) is 54.7 Å². The van der Waals surface area contributed by atoms with Gasteiger partial charge in [-0.15, -0.1) is 12.4 Å². The number of hydrogen-bond acceptors (Lipinski definition) is 7. The molecule has 1 aliphatic heterocycles. The molecule has 0 radical (unpaired) electrons. The zero-order valence-corrected chi connectivity index (χ0v) is 19.0. The third kappa shape index (κ3) is 5.25. The molecule has 1 aromatic heterocycles. The van der Waals surface area contributed by atoms with Gasteiger partial charge in [-0.2, -0.15) is 0 Å². The highest BCUT2D eigenvalue weighted by Crippen LogP contribution is 2.25. The number of pyridine rings is 1. The molecule has 3 amide bonds. The molecule has 5 N–H and O–H groups in total. The van der Waals surface area contributed by atoms with Crippen LogP contribution in [0.4, 0.5) is 22.9 Å². The number of halogens is 1. The molecule has 0 aliphatic carbocycles. The molecular weight excluding hydrogens is 462 g/mol. The molecule has 1 saturated heterocycles. The predicted octanol–water partition coefficient (Wildman–Crippen LogP) is 1.93. The van der Waals surface area contributed by atoms with Gasteiger partial charge < -0.3 is 31.1 Å². The van der Waals surface area contributed by atoms with E-state index < -0.39 is 24.0 Å². The molecule has 0 unspecified atom stereocenters. The van der Waals surface area contributed by atoms with Gasteiger partial charge in [-0.05, 0) is 53.9 Å². The summed E-state index contributed by atoms with van der Waals surface area (Å²) in [6.07, 6.45) is -1.50. The number of carbonyl (C=O) groups excluding carboxylic acids is 3. The fraction of sp³-hybridized carbons (Fsp3) is 0.217. The number of nitrogens with one attached hydrogen (secondary N) is 2. The van der Waals surface area contributed by atoms with Crippen LogP contribution in [0.3, 0.4) is 0 Å². The normalized spacial score (nSPS) is 16.5. The summed E-state index contributed by atoms with van der Waals surface area (Å²) < 4.78 is 5.44. The number of hydrogen-bond donors (Lipinski definition) is 4. The second-order valence-electron chi connectivity index (χ2n) is 7.58. The summed E-state index contributed by atoms with van der Waals surface area (Å²) in [6.45, 7) is 1.82. The molecule has 2 aromatic carbocycles. The van der Waals surface area contributed by atoms with E-state index in [9.17, 15) is 19.5 Å². The number of amides is 3. The van der Waals surface area contributed by atoms with Crippen molar-refractivity contribution < 1.29 is 24.2 Å². The zero-order chi connectivity index (χ0) is 23.5. The summed E-state index contributed by atoms with van der Waals surface area (Å²) >= 11 is 0. The van der Waals surface area contributed by atoms with Gasteiger partial charge in [0.1, 0.15) is 5.82 Å². The molecule has 0 spiro atoms. The average molecular weight is 486 g/mol. The van der Waals surface area contributed by atoms with Crippen LogP contribution < -0.4 is 21.3 Å². The lowest BCUT2D eigenvalue weighted by atomic mass is 10.1. The third-order valence-corrected chi connectivity index (χ3v) is 5.24. The highest BCUT2D eigenvalue weighted by atomic mass is 35.5. The molecule has 4 rings (SSSR count). The molecule has 2 heterocycles. The molecule has 0 saturated carbocycles. The van der Waals surface area contributed by atoms with Gasteiger partial charge in [-0.1, -0.05) is 0 Å². The smallest absolute Gasteiger partial charge is 0.259 e. The number of nitrogen functional groups attached to an aromatic ring is 1. The summed E-state index contributed by atoms with van der Waals surface area (Å²) in [4.78, 5) is 42.3. The van der Waals surface area contributed by atoms with Crippen molar-refractivity contribution in [1.82, 2.24) is 4.98 Å². The Bertz CT molecular complexity index is 1220. The van der Waals surface area contributed by atoms with Gasteiger partial charge in [0, 0.05) is 42.1 Å². The molecule has 3 aromatic rings.